The summed E-state index contributed by atoms with van der Waals surface area (Å²) < 4.78 is 0. The van der Waals surface area contributed by atoms with Gasteiger partial charge in [0.1, 0.15) is 5.78 Å². The molecule has 0 radical (unpaired) electrons. The van der Waals surface area contributed by atoms with Crippen LogP contribution in [0.1, 0.15) is 31.7 Å². The molecule has 0 bridgehead atoms. The molecule has 0 N–H and O–H groups in total. The van der Waals surface area contributed by atoms with Gasteiger partial charge in [-0.3, -0.25) is 9.59 Å². The molecule has 1 aromatic carbocycles. The Morgan fingerprint density at radius 1 is 1.16 bits per heavy atom. The second kappa shape index (κ2) is 6.32. The third-order valence-corrected chi connectivity index (χ3v) is 3.43. The molecule has 1 atom stereocenters. The SMILES string of the molecule is CC1C/C=C\N(Cc2ccccc2)C(=O)CCC1=O. The summed E-state index contributed by atoms with van der Waals surface area (Å²) in [6, 6.07) is 9.89. The summed E-state index contributed by atoms with van der Waals surface area (Å²) in [7, 11) is 0. The quantitative estimate of drug-likeness (QED) is 0.817. The summed E-state index contributed by atoms with van der Waals surface area (Å²) >= 11 is 0. The van der Waals surface area contributed by atoms with Gasteiger partial charge in [-0.1, -0.05) is 43.3 Å². The molecule has 1 aliphatic rings. The molecule has 2 rings (SSSR count). The highest BCUT2D eigenvalue weighted by Gasteiger charge is 2.18. The number of benzene rings is 1. The van der Waals surface area contributed by atoms with E-state index in [1.807, 2.05) is 49.5 Å². The van der Waals surface area contributed by atoms with Gasteiger partial charge in [-0.05, 0) is 12.0 Å². The van der Waals surface area contributed by atoms with E-state index in [0.29, 0.717) is 25.8 Å². The molecular formula is C16H19NO2. The van der Waals surface area contributed by atoms with Crippen LogP contribution >= 0.6 is 0 Å². The highest BCUT2D eigenvalue weighted by molar-refractivity contribution is 5.87. The number of carbonyl (C=O) groups is 2. The molecule has 0 fully saturated rings. The smallest absolute Gasteiger partial charge is 0.227 e. The number of hydrogen-bond acceptors (Lipinski definition) is 2. The molecule has 1 aromatic rings. The molecular weight excluding hydrogens is 238 g/mol. The molecule has 3 nitrogen and oxygen atoms in total. The lowest BCUT2D eigenvalue weighted by molar-refractivity contribution is -0.131. The van der Waals surface area contributed by atoms with Gasteiger partial charge in [0.15, 0.2) is 0 Å². The van der Waals surface area contributed by atoms with Gasteiger partial charge in [0, 0.05) is 25.0 Å². The standard InChI is InChI=1S/C16H19NO2/c1-13-6-5-11-17(16(19)10-9-15(13)18)12-14-7-3-2-4-8-14/h2-5,7-8,11,13H,6,9-10,12H2,1H3/b11-5-. The van der Waals surface area contributed by atoms with Crippen molar-refractivity contribution in [3.63, 3.8) is 0 Å². The average molecular weight is 257 g/mol. The van der Waals surface area contributed by atoms with Crippen LogP contribution in [0.15, 0.2) is 42.6 Å². The first-order chi connectivity index (χ1) is 9.16. The molecule has 1 unspecified atom stereocenters. The fraction of sp³-hybridized carbons (Fsp3) is 0.375. The second-order valence-electron chi connectivity index (χ2n) is 5.00. The van der Waals surface area contributed by atoms with Gasteiger partial charge in [-0.15, -0.1) is 0 Å². The molecule has 0 saturated carbocycles. The minimum Gasteiger partial charge on any atom is -0.315 e. The predicted octanol–water partition coefficient (Wildman–Crippen LogP) is 2.92. The molecule has 100 valence electrons. The Morgan fingerprint density at radius 3 is 2.63 bits per heavy atom. The molecule has 0 saturated heterocycles. The van der Waals surface area contributed by atoms with Crippen LogP contribution in [0, 0.1) is 5.92 Å². The third-order valence-electron chi connectivity index (χ3n) is 3.43. The molecule has 0 aromatic heterocycles. The molecule has 1 aliphatic heterocycles. The van der Waals surface area contributed by atoms with Gasteiger partial charge in [0.05, 0.1) is 6.54 Å². The van der Waals surface area contributed by atoms with Crippen molar-refractivity contribution in [3.8, 4) is 0 Å². The van der Waals surface area contributed by atoms with Gasteiger partial charge in [-0.25, -0.2) is 0 Å². The Morgan fingerprint density at radius 2 is 1.89 bits per heavy atom. The van der Waals surface area contributed by atoms with Gasteiger partial charge in [-0.2, -0.15) is 0 Å². The van der Waals surface area contributed by atoms with Crippen molar-refractivity contribution in [1.29, 1.82) is 0 Å². The van der Waals surface area contributed by atoms with E-state index < -0.39 is 0 Å². The van der Waals surface area contributed by atoms with Crippen molar-refractivity contribution >= 4 is 11.7 Å². The van der Waals surface area contributed by atoms with E-state index in [-0.39, 0.29) is 17.6 Å². The Labute approximate surface area is 113 Å². The van der Waals surface area contributed by atoms with E-state index in [0.717, 1.165) is 5.56 Å². The first kappa shape index (κ1) is 13.5. The normalized spacial score (nSPS) is 22.6. The first-order valence-corrected chi connectivity index (χ1v) is 6.69. The Hall–Kier alpha value is -1.90. The lowest BCUT2D eigenvalue weighted by Gasteiger charge is -2.18. The Bertz CT molecular complexity index is 479. The largest absolute Gasteiger partial charge is 0.315 e. The molecule has 0 spiro atoms. The van der Waals surface area contributed by atoms with Crippen LogP contribution in [-0.4, -0.2) is 16.6 Å². The van der Waals surface area contributed by atoms with Gasteiger partial charge in [0.2, 0.25) is 5.91 Å². The molecule has 3 heteroatoms. The van der Waals surface area contributed by atoms with Gasteiger partial charge >= 0.3 is 0 Å². The topological polar surface area (TPSA) is 37.4 Å². The highest BCUT2D eigenvalue weighted by atomic mass is 16.2. The van der Waals surface area contributed by atoms with E-state index in [2.05, 4.69) is 0 Å². The molecule has 1 heterocycles. The minimum absolute atomic E-state index is 0.0146. The number of rotatable bonds is 2. The first-order valence-electron chi connectivity index (χ1n) is 6.69. The van der Waals surface area contributed by atoms with Crippen LogP contribution in [-0.2, 0) is 16.1 Å². The Balaban J connectivity index is 2.10. The lowest BCUT2D eigenvalue weighted by atomic mass is 9.99. The third kappa shape index (κ3) is 3.78. The van der Waals surface area contributed by atoms with Crippen molar-refractivity contribution in [2.75, 3.05) is 0 Å². The van der Waals surface area contributed by atoms with Crippen molar-refractivity contribution in [2.45, 2.75) is 32.7 Å². The van der Waals surface area contributed by atoms with Crippen molar-refractivity contribution in [3.05, 3.63) is 48.2 Å². The van der Waals surface area contributed by atoms with E-state index in [1.165, 1.54) is 0 Å². The summed E-state index contributed by atoms with van der Waals surface area (Å²) in [5, 5.41) is 0. The summed E-state index contributed by atoms with van der Waals surface area (Å²) in [6.45, 7) is 2.49. The zero-order valence-corrected chi connectivity index (χ0v) is 11.2. The summed E-state index contributed by atoms with van der Waals surface area (Å²) in [4.78, 5) is 25.5. The minimum atomic E-state index is 0.0146. The van der Waals surface area contributed by atoms with Crippen molar-refractivity contribution in [2.24, 2.45) is 5.92 Å². The van der Waals surface area contributed by atoms with Crippen LogP contribution in [0.4, 0.5) is 0 Å². The van der Waals surface area contributed by atoms with Crippen molar-refractivity contribution in [1.82, 2.24) is 4.90 Å². The van der Waals surface area contributed by atoms with E-state index >= 15 is 0 Å². The highest BCUT2D eigenvalue weighted by Crippen LogP contribution is 2.15. The lowest BCUT2D eigenvalue weighted by Crippen LogP contribution is -2.25. The number of allylic oxidation sites excluding steroid dienone is 1. The number of hydrogen-bond donors (Lipinski definition) is 0. The van der Waals surface area contributed by atoms with E-state index in [9.17, 15) is 9.59 Å². The number of ketones is 1. The second-order valence-corrected chi connectivity index (χ2v) is 5.00. The molecule has 1 amide bonds. The number of nitrogens with zero attached hydrogens (tertiary/aromatic N) is 1. The fourth-order valence-electron chi connectivity index (χ4n) is 2.15. The fourth-order valence-corrected chi connectivity index (χ4v) is 2.15. The van der Waals surface area contributed by atoms with Crippen LogP contribution in [0.25, 0.3) is 0 Å². The molecule has 19 heavy (non-hydrogen) atoms. The molecule has 0 aliphatic carbocycles. The monoisotopic (exact) mass is 257 g/mol. The van der Waals surface area contributed by atoms with Crippen LogP contribution < -0.4 is 0 Å². The maximum absolute atomic E-state index is 12.1. The average Bonchev–Trinajstić information content (AvgIpc) is 2.48. The summed E-state index contributed by atoms with van der Waals surface area (Å²) in [6.07, 6.45) is 5.11. The van der Waals surface area contributed by atoms with E-state index in [1.54, 1.807) is 4.90 Å². The summed E-state index contributed by atoms with van der Waals surface area (Å²) in [5.41, 5.74) is 1.10. The van der Waals surface area contributed by atoms with Crippen molar-refractivity contribution < 1.29 is 9.59 Å². The maximum atomic E-state index is 12.1. The number of amides is 1. The Kier molecular flexibility index (Phi) is 4.50. The van der Waals surface area contributed by atoms with E-state index in [4.69, 9.17) is 0 Å². The zero-order chi connectivity index (χ0) is 13.7. The summed E-state index contributed by atoms with van der Waals surface area (Å²) in [5.74, 6) is 0.211. The van der Waals surface area contributed by atoms with Gasteiger partial charge in [0.25, 0.3) is 0 Å². The zero-order valence-electron chi connectivity index (χ0n) is 11.2. The van der Waals surface area contributed by atoms with Crippen LogP contribution in [0.2, 0.25) is 0 Å². The number of carbonyl (C=O) groups excluding carboxylic acids is 2. The maximum Gasteiger partial charge on any atom is 0.227 e. The number of Topliss-reactive ketones (excluding diaryl/α,β-unsaturated/α-hetero) is 1. The van der Waals surface area contributed by atoms with Crippen LogP contribution in [0.5, 0.6) is 0 Å². The van der Waals surface area contributed by atoms with Gasteiger partial charge < -0.3 is 4.90 Å². The predicted molar refractivity (Wildman–Crippen MR) is 74.2 cm³/mol. The van der Waals surface area contributed by atoms with Crippen LogP contribution in [0.3, 0.4) is 0 Å².